The molecule has 2 aromatic rings. The first-order valence-corrected chi connectivity index (χ1v) is 8.45. The summed E-state index contributed by atoms with van der Waals surface area (Å²) in [5.74, 6) is 0.223. The summed E-state index contributed by atoms with van der Waals surface area (Å²) in [6, 6.07) is 16.2. The van der Waals surface area contributed by atoms with Crippen molar-refractivity contribution in [2.45, 2.75) is 32.9 Å². The molecular weight excluding hydrogens is 316 g/mol. The Bertz CT molecular complexity index is 684. The molecular formula is C20H24N2O3. The first-order valence-electron chi connectivity index (χ1n) is 8.45. The first kappa shape index (κ1) is 18.5. The zero-order valence-electron chi connectivity index (χ0n) is 14.6. The summed E-state index contributed by atoms with van der Waals surface area (Å²) in [4.78, 5) is 24.0. The van der Waals surface area contributed by atoms with Gasteiger partial charge in [0.05, 0.1) is 0 Å². The van der Waals surface area contributed by atoms with Gasteiger partial charge in [0, 0.05) is 12.1 Å². The Morgan fingerprint density at radius 1 is 1.04 bits per heavy atom. The number of amides is 2. The van der Waals surface area contributed by atoms with Gasteiger partial charge in [-0.25, -0.2) is 0 Å². The van der Waals surface area contributed by atoms with Crippen LogP contribution in [0.5, 0.6) is 5.75 Å². The molecule has 0 aliphatic rings. The molecule has 5 nitrogen and oxygen atoms in total. The van der Waals surface area contributed by atoms with Crippen molar-refractivity contribution in [1.82, 2.24) is 10.6 Å². The van der Waals surface area contributed by atoms with E-state index in [1.807, 2.05) is 37.3 Å². The van der Waals surface area contributed by atoms with E-state index in [4.69, 9.17) is 4.74 Å². The maximum Gasteiger partial charge on any atom is 0.251 e. The fourth-order valence-corrected chi connectivity index (χ4v) is 2.19. The second-order valence-corrected chi connectivity index (χ2v) is 5.78. The van der Waals surface area contributed by atoms with Crippen molar-refractivity contribution in [2.75, 3.05) is 6.54 Å². The van der Waals surface area contributed by atoms with Crippen molar-refractivity contribution in [3.63, 3.8) is 0 Å². The molecule has 2 aromatic carbocycles. The third kappa shape index (κ3) is 5.95. The van der Waals surface area contributed by atoms with E-state index in [2.05, 4.69) is 10.6 Å². The Morgan fingerprint density at radius 3 is 2.36 bits per heavy atom. The van der Waals surface area contributed by atoms with Crippen LogP contribution in [0.15, 0.2) is 54.6 Å². The van der Waals surface area contributed by atoms with Crippen molar-refractivity contribution >= 4 is 11.8 Å². The molecule has 0 heterocycles. The quantitative estimate of drug-likeness (QED) is 0.776. The van der Waals surface area contributed by atoms with Crippen molar-refractivity contribution in [3.8, 4) is 5.75 Å². The highest BCUT2D eigenvalue weighted by Crippen LogP contribution is 2.14. The highest BCUT2D eigenvalue weighted by atomic mass is 16.5. The molecule has 2 N–H and O–H groups in total. The monoisotopic (exact) mass is 340 g/mol. The van der Waals surface area contributed by atoms with Crippen LogP contribution < -0.4 is 15.4 Å². The Kier molecular flexibility index (Phi) is 7.01. The molecule has 25 heavy (non-hydrogen) atoms. The van der Waals surface area contributed by atoms with Gasteiger partial charge < -0.3 is 15.4 Å². The molecule has 0 radical (unpaired) electrons. The van der Waals surface area contributed by atoms with Gasteiger partial charge in [-0.2, -0.15) is 0 Å². The number of benzene rings is 2. The number of hydrogen-bond acceptors (Lipinski definition) is 3. The number of hydrogen-bond donors (Lipinski definition) is 2. The lowest BCUT2D eigenvalue weighted by Gasteiger charge is -2.14. The highest BCUT2D eigenvalue weighted by Gasteiger charge is 2.15. The van der Waals surface area contributed by atoms with E-state index in [9.17, 15) is 9.59 Å². The topological polar surface area (TPSA) is 67.4 Å². The largest absolute Gasteiger partial charge is 0.489 e. The zero-order valence-corrected chi connectivity index (χ0v) is 14.6. The van der Waals surface area contributed by atoms with Gasteiger partial charge in [-0.05, 0) is 43.2 Å². The van der Waals surface area contributed by atoms with E-state index < -0.39 is 6.04 Å². The van der Waals surface area contributed by atoms with Gasteiger partial charge in [0.15, 0.2) is 0 Å². The summed E-state index contributed by atoms with van der Waals surface area (Å²) in [6.07, 6.45) is 0.858. The van der Waals surface area contributed by atoms with Crippen LogP contribution in [0.1, 0.15) is 36.2 Å². The normalized spacial score (nSPS) is 11.4. The van der Waals surface area contributed by atoms with Gasteiger partial charge in [-0.15, -0.1) is 0 Å². The fourth-order valence-electron chi connectivity index (χ4n) is 2.19. The molecule has 0 saturated carbocycles. The zero-order chi connectivity index (χ0) is 18.1. The molecule has 0 saturated heterocycles. The number of nitrogens with one attached hydrogen (secondary N) is 2. The molecule has 0 fully saturated rings. The molecule has 0 unspecified atom stereocenters. The predicted molar refractivity (Wildman–Crippen MR) is 97.4 cm³/mol. The Morgan fingerprint density at radius 2 is 1.72 bits per heavy atom. The molecule has 5 heteroatoms. The van der Waals surface area contributed by atoms with Gasteiger partial charge in [0.1, 0.15) is 18.4 Å². The average molecular weight is 340 g/mol. The van der Waals surface area contributed by atoms with Crippen LogP contribution in [-0.2, 0) is 11.4 Å². The molecule has 132 valence electrons. The van der Waals surface area contributed by atoms with E-state index in [1.54, 1.807) is 31.2 Å². The second kappa shape index (κ2) is 9.47. The lowest BCUT2D eigenvalue weighted by Crippen LogP contribution is -2.44. The van der Waals surface area contributed by atoms with Crippen LogP contribution in [-0.4, -0.2) is 24.4 Å². The lowest BCUT2D eigenvalue weighted by atomic mass is 10.2. The molecule has 1 atom stereocenters. The maximum absolute atomic E-state index is 12.2. The van der Waals surface area contributed by atoms with E-state index >= 15 is 0 Å². The average Bonchev–Trinajstić information content (AvgIpc) is 2.65. The van der Waals surface area contributed by atoms with Crippen LogP contribution in [0.3, 0.4) is 0 Å². The number of rotatable bonds is 8. The van der Waals surface area contributed by atoms with Crippen LogP contribution in [0.2, 0.25) is 0 Å². The van der Waals surface area contributed by atoms with Crippen LogP contribution in [0.4, 0.5) is 0 Å². The van der Waals surface area contributed by atoms with Crippen LogP contribution in [0.25, 0.3) is 0 Å². The molecule has 0 aromatic heterocycles. The third-order valence-corrected chi connectivity index (χ3v) is 3.65. The Hall–Kier alpha value is -2.82. The smallest absolute Gasteiger partial charge is 0.251 e. The van der Waals surface area contributed by atoms with Gasteiger partial charge in [-0.1, -0.05) is 37.3 Å². The Balaban J connectivity index is 1.86. The van der Waals surface area contributed by atoms with Gasteiger partial charge in [0.25, 0.3) is 5.91 Å². The minimum Gasteiger partial charge on any atom is -0.489 e. The summed E-state index contributed by atoms with van der Waals surface area (Å²) >= 11 is 0. The summed E-state index contributed by atoms with van der Waals surface area (Å²) in [6.45, 7) is 4.72. The minimum atomic E-state index is -0.576. The number of ether oxygens (including phenoxy) is 1. The Labute approximate surface area is 148 Å². The predicted octanol–water partition coefficient (Wildman–Crippen LogP) is 2.91. The van der Waals surface area contributed by atoms with E-state index in [1.165, 1.54) is 0 Å². The summed E-state index contributed by atoms with van der Waals surface area (Å²) in [5.41, 5.74) is 1.57. The van der Waals surface area contributed by atoms with Crippen molar-refractivity contribution in [2.24, 2.45) is 0 Å². The summed E-state index contributed by atoms with van der Waals surface area (Å²) in [7, 11) is 0. The molecule has 0 spiro atoms. The van der Waals surface area contributed by atoms with Crippen LogP contribution in [0, 0.1) is 0 Å². The molecule has 2 amide bonds. The molecule has 0 aliphatic heterocycles. The summed E-state index contributed by atoms with van der Waals surface area (Å²) in [5, 5.41) is 5.45. The van der Waals surface area contributed by atoms with Gasteiger partial charge in [-0.3, -0.25) is 9.59 Å². The number of carbonyl (C=O) groups is 2. The standard InChI is InChI=1S/C20H24N2O3/c1-3-13-21-19(23)15(2)22-20(24)17-9-11-18(12-10-17)25-14-16-7-5-4-6-8-16/h4-12,15H,3,13-14H2,1-2H3,(H,21,23)(H,22,24)/t15-/m1/s1. The lowest BCUT2D eigenvalue weighted by molar-refractivity contribution is -0.122. The van der Waals surface area contributed by atoms with Crippen molar-refractivity contribution in [1.29, 1.82) is 0 Å². The maximum atomic E-state index is 12.2. The molecule has 0 aliphatic carbocycles. The third-order valence-electron chi connectivity index (χ3n) is 3.65. The molecule has 2 rings (SSSR count). The van der Waals surface area contributed by atoms with E-state index in [0.717, 1.165) is 12.0 Å². The fraction of sp³-hybridized carbons (Fsp3) is 0.300. The van der Waals surface area contributed by atoms with Gasteiger partial charge in [0.2, 0.25) is 5.91 Å². The minimum absolute atomic E-state index is 0.182. The molecule has 0 bridgehead atoms. The van der Waals surface area contributed by atoms with E-state index in [0.29, 0.717) is 24.5 Å². The second-order valence-electron chi connectivity index (χ2n) is 5.78. The SMILES string of the molecule is CCCNC(=O)[C@@H](C)NC(=O)c1ccc(OCc2ccccc2)cc1. The summed E-state index contributed by atoms with van der Waals surface area (Å²) < 4.78 is 5.69. The van der Waals surface area contributed by atoms with E-state index in [-0.39, 0.29) is 11.8 Å². The first-order chi connectivity index (χ1) is 12.1. The van der Waals surface area contributed by atoms with Crippen LogP contribution >= 0.6 is 0 Å². The van der Waals surface area contributed by atoms with Crippen molar-refractivity contribution in [3.05, 3.63) is 65.7 Å². The van der Waals surface area contributed by atoms with Gasteiger partial charge >= 0.3 is 0 Å². The van der Waals surface area contributed by atoms with Crippen molar-refractivity contribution < 1.29 is 14.3 Å². The highest BCUT2D eigenvalue weighted by molar-refractivity contribution is 5.97. The number of carbonyl (C=O) groups excluding carboxylic acids is 2.